The van der Waals surface area contributed by atoms with Crippen LogP contribution in [0.25, 0.3) is 0 Å². The van der Waals surface area contributed by atoms with Crippen molar-refractivity contribution in [3.05, 3.63) is 52.7 Å². The second-order valence-corrected chi connectivity index (χ2v) is 6.37. The van der Waals surface area contributed by atoms with E-state index < -0.39 is 16.0 Å². The molecule has 21 heavy (non-hydrogen) atoms. The van der Waals surface area contributed by atoms with Crippen LogP contribution in [0.5, 0.6) is 0 Å². The van der Waals surface area contributed by atoms with Gasteiger partial charge < -0.3 is 5.11 Å². The van der Waals surface area contributed by atoms with Gasteiger partial charge in [0.1, 0.15) is 5.82 Å². The number of aromatic nitrogens is 1. The first-order valence-electron chi connectivity index (χ1n) is 5.78. The van der Waals surface area contributed by atoms with Crippen LogP contribution in [-0.4, -0.2) is 24.5 Å². The predicted octanol–water partition coefficient (Wildman–Crippen LogP) is 2.54. The summed E-state index contributed by atoms with van der Waals surface area (Å²) >= 11 is 5.67. The Hall–Kier alpha value is -2.12. The summed E-state index contributed by atoms with van der Waals surface area (Å²) in [5, 5.41) is 9.41. The third-order valence-electron chi connectivity index (χ3n) is 2.72. The molecule has 1 aromatic carbocycles. The van der Waals surface area contributed by atoms with Gasteiger partial charge in [-0.25, -0.2) is 18.2 Å². The van der Waals surface area contributed by atoms with E-state index in [1.54, 1.807) is 6.92 Å². The van der Waals surface area contributed by atoms with Crippen molar-refractivity contribution < 1.29 is 18.3 Å². The summed E-state index contributed by atoms with van der Waals surface area (Å²) in [6, 6.07) is 6.78. The molecule has 0 unspecified atom stereocenters. The van der Waals surface area contributed by atoms with Gasteiger partial charge in [-0.1, -0.05) is 17.7 Å². The van der Waals surface area contributed by atoms with Crippen molar-refractivity contribution >= 4 is 33.4 Å². The van der Waals surface area contributed by atoms with Crippen molar-refractivity contribution in [2.75, 3.05) is 4.72 Å². The fourth-order valence-corrected chi connectivity index (χ4v) is 2.78. The molecule has 0 saturated heterocycles. The van der Waals surface area contributed by atoms with Crippen molar-refractivity contribution in [2.45, 2.75) is 11.8 Å². The van der Waals surface area contributed by atoms with Crippen molar-refractivity contribution in [3.63, 3.8) is 0 Å². The van der Waals surface area contributed by atoms with Gasteiger partial charge in [0.15, 0.2) is 0 Å². The zero-order valence-corrected chi connectivity index (χ0v) is 12.4. The molecule has 110 valence electrons. The Labute approximate surface area is 126 Å². The molecule has 0 saturated carbocycles. The Kier molecular flexibility index (Phi) is 4.15. The third-order valence-corrected chi connectivity index (χ3v) is 4.29. The van der Waals surface area contributed by atoms with Crippen LogP contribution in [0.1, 0.15) is 15.9 Å². The highest BCUT2D eigenvalue weighted by Crippen LogP contribution is 2.19. The molecule has 0 amide bonds. The van der Waals surface area contributed by atoms with Gasteiger partial charge in [-0.2, -0.15) is 0 Å². The number of benzene rings is 1. The largest absolute Gasteiger partial charge is 0.478 e. The number of hydrogen-bond acceptors (Lipinski definition) is 4. The van der Waals surface area contributed by atoms with Crippen LogP contribution in [-0.2, 0) is 10.0 Å². The summed E-state index contributed by atoms with van der Waals surface area (Å²) in [4.78, 5) is 14.7. The minimum absolute atomic E-state index is 0.0676. The quantitative estimate of drug-likeness (QED) is 0.900. The number of hydrogen-bond donors (Lipinski definition) is 2. The second kappa shape index (κ2) is 5.71. The van der Waals surface area contributed by atoms with Crippen LogP contribution >= 0.6 is 11.6 Å². The van der Waals surface area contributed by atoms with E-state index in [-0.39, 0.29) is 16.3 Å². The van der Waals surface area contributed by atoms with E-state index in [0.29, 0.717) is 10.6 Å². The predicted molar refractivity (Wildman–Crippen MR) is 78.2 cm³/mol. The van der Waals surface area contributed by atoms with Gasteiger partial charge in [0.05, 0.1) is 15.5 Å². The molecule has 0 atom stereocenters. The lowest BCUT2D eigenvalue weighted by Crippen LogP contribution is -2.15. The summed E-state index contributed by atoms with van der Waals surface area (Å²) in [6.07, 6.45) is 1.30. The molecular weight excluding hydrogens is 316 g/mol. The lowest BCUT2D eigenvalue weighted by atomic mass is 10.1. The molecule has 0 spiro atoms. The molecule has 2 rings (SSSR count). The number of anilines is 1. The average Bonchev–Trinajstić information content (AvgIpc) is 2.41. The summed E-state index contributed by atoms with van der Waals surface area (Å²) in [7, 11) is -3.92. The third kappa shape index (κ3) is 3.50. The highest BCUT2D eigenvalue weighted by Gasteiger charge is 2.18. The SMILES string of the molecule is Cc1ccc(S(=O)(=O)Nc2ccc(Cl)cn2)cc1C(=O)O. The number of rotatable bonds is 4. The molecule has 2 aromatic rings. The molecule has 0 bridgehead atoms. The van der Waals surface area contributed by atoms with Crippen molar-refractivity contribution in [1.82, 2.24) is 4.98 Å². The van der Waals surface area contributed by atoms with Gasteiger partial charge in [-0.05, 0) is 36.8 Å². The lowest BCUT2D eigenvalue weighted by molar-refractivity contribution is 0.0696. The summed E-state index contributed by atoms with van der Waals surface area (Å²) in [5.74, 6) is -1.09. The van der Waals surface area contributed by atoms with Crippen molar-refractivity contribution in [3.8, 4) is 0 Å². The molecule has 0 fully saturated rings. The van der Waals surface area contributed by atoms with E-state index in [9.17, 15) is 13.2 Å². The normalized spacial score (nSPS) is 11.1. The smallest absolute Gasteiger partial charge is 0.335 e. The first-order chi connectivity index (χ1) is 9.79. The fraction of sp³-hybridized carbons (Fsp3) is 0.0769. The van der Waals surface area contributed by atoms with E-state index in [4.69, 9.17) is 16.7 Å². The van der Waals surface area contributed by atoms with E-state index in [0.717, 1.165) is 6.07 Å². The number of carboxylic acids is 1. The number of carboxylic acid groups (broad SMARTS) is 1. The van der Waals surface area contributed by atoms with E-state index in [2.05, 4.69) is 9.71 Å². The summed E-state index contributed by atoms with van der Waals surface area (Å²) in [5.41, 5.74) is 0.410. The number of carbonyl (C=O) groups is 1. The minimum atomic E-state index is -3.92. The number of sulfonamides is 1. The minimum Gasteiger partial charge on any atom is -0.478 e. The molecule has 0 radical (unpaired) electrons. The van der Waals surface area contributed by atoms with Crippen LogP contribution in [0.3, 0.4) is 0 Å². The second-order valence-electron chi connectivity index (χ2n) is 4.25. The monoisotopic (exact) mass is 326 g/mol. The molecule has 1 heterocycles. The molecule has 2 N–H and O–H groups in total. The number of nitrogens with one attached hydrogen (secondary N) is 1. The Morgan fingerprint density at radius 2 is 2.00 bits per heavy atom. The van der Waals surface area contributed by atoms with Gasteiger partial charge >= 0.3 is 5.97 Å². The zero-order chi connectivity index (χ0) is 15.6. The van der Waals surface area contributed by atoms with Crippen LogP contribution in [0.15, 0.2) is 41.4 Å². The maximum Gasteiger partial charge on any atom is 0.335 e. The average molecular weight is 327 g/mol. The highest BCUT2D eigenvalue weighted by atomic mass is 35.5. The summed E-state index contributed by atoms with van der Waals surface area (Å²) < 4.78 is 26.6. The van der Waals surface area contributed by atoms with Gasteiger partial charge in [0, 0.05) is 6.20 Å². The number of halogens is 1. The molecule has 0 aliphatic rings. The van der Waals surface area contributed by atoms with Gasteiger partial charge in [0.2, 0.25) is 0 Å². The maximum atomic E-state index is 12.2. The van der Waals surface area contributed by atoms with E-state index in [1.165, 1.54) is 30.5 Å². The van der Waals surface area contributed by atoms with E-state index in [1.807, 2.05) is 0 Å². The standard InChI is InChI=1S/C13H11ClN2O4S/c1-8-2-4-10(6-11(8)13(17)18)21(19,20)16-12-5-3-9(14)7-15-12/h2-7H,1H3,(H,15,16)(H,17,18). The number of aromatic carboxylic acids is 1. The molecular formula is C13H11ClN2O4S. The van der Waals surface area contributed by atoms with Gasteiger partial charge in [-0.3, -0.25) is 4.72 Å². The molecule has 0 aliphatic carbocycles. The maximum absolute atomic E-state index is 12.2. The number of aryl methyl sites for hydroxylation is 1. The van der Waals surface area contributed by atoms with Crippen LogP contribution in [0.2, 0.25) is 5.02 Å². The summed E-state index contributed by atoms with van der Waals surface area (Å²) in [6.45, 7) is 1.59. The number of nitrogens with zero attached hydrogens (tertiary/aromatic N) is 1. The van der Waals surface area contributed by atoms with Crippen molar-refractivity contribution in [2.24, 2.45) is 0 Å². The topological polar surface area (TPSA) is 96.4 Å². The molecule has 8 heteroatoms. The van der Waals surface area contributed by atoms with Gasteiger partial charge in [0.25, 0.3) is 10.0 Å². The molecule has 6 nitrogen and oxygen atoms in total. The van der Waals surface area contributed by atoms with Crippen molar-refractivity contribution in [1.29, 1.82) is 0 Å². The fourth-order valence-electron chi connectivity index (χ4n) is 1.63. The first-order valence-corrected chi connectivity index (χ1v) is 7.64. The Balaban J connectivity index is 2.38. The van der Waals surface area contributed by atoms with Gasteiger partial charge in [-0.15, -0.1) is 0 Å². The van der Waals surface area contributed by atoms with Crippen LogP contribution in [0, 0.1) is 6.92 Å². The zero-order valence-electron chi connectivity index (χ0n) is 10.9. The lowest BCUT2D eigenvalue weighted by Gasteiger charge is -2.09. The molecule has 0 aliphatic heterocycles. The molecule has 1 aromatic heterocycles. The Morgan fingerprint density at radius 1 is 1.29 bits per heavy atom. The van der Waals surface area contributed by atoms with Crippen LogP contribution in [0.4, 0.5) is 5.82 Å². The highest BCUT2D eigenvalue weighted by molar-refractivity contribution is 7.92. The van der Waals surface area contributed by atoms with Crippen LogP contribution < -0.4 is 4.72 Å². The first kappa shape index (κ1) is 15.3. The number of pyridine rings is 1. The Morgan fingerprint density at radius 3 is 2.57 bits per heavy atom. The Bertz CT molecular complexity index is 788. The van der Waals surface area contributed by atoms with E-state index >= 15 is 0 Å².